The predicted molar refractivity (Wildman–Crippen MR) is 63.6 cm³/mol. The summed E-state index contributed by atoms with van der Waals surface area (Å²) < 4.78 is 27.5. The van der Waals surface area contributed by atoms with Gasteiger partial charge in [-0.2, -0.15) is 0 Å². The summed E-state index contributed by atoms with van der Waals surface area (Å²) in [7, 11) is 2.77. The van der Waals surface area contributed by atoms with Crippen LogP contribution in [0.1, 0.15) is 12.5 Å². The number of rotatable bonds is 4. The summed E-state index contributed by atoms with van der Waals surface area (Å²) >= 11 is 0. The van der Waals surface area contributed by atoms with Crippen molar-refractivity contribution >= 4 is 25.6 Å². The molecule has 1 rings (SSSR count). The largest absolute Gasteiger partial charge is 0.495 e. The highest BCUT2D eigenvalue weighted by molar-refractivity contribution is 8.13. The van der Waals surface area contributed by atoms with E-state index in [1.807, 2.05) is 0 Å². The summed E-state index contributed by atoms with van der Waals surface area (Å²) in [6.07, 6.45) is 0. The number of halogens is 1. The van der Waals surface area contributed by atoms with Gasteiger partial charge in [0.25, 0.3) is 9.05 Å². The molecule has 7 heteroatoms. The Hall–Kier alpha value is -1.27. The van der Waals surface area contributed by atoms with E-state index in [4.69, 9.17) is 15.4 Å². The molecule has 0 aliphatic heterocycles. The summed E-state index contributed by atoms with van der Waals surface area (Å²) in [6, 6.07) is 4.52. The van der Waals surface area contributed by atoms with E-state index in [2.05, 4.69) is 5.32 Å². The van der Waals surface area contributed by atoms with Crippen LogP contribution >= 0.6 is 10.7 Å². The molecule has 0 radical (unpaired) electrons. The fourth-order valence-corrected chi connectivity index (χ4v) is 2.29. The lowest BCUT2D eigenvalue weighted by Gasteiger charge is -2.08. The highest BCUT2D eigenvalue weighted by Crippen LogP contribution is 2.27. The van der Waals surface area contributed by atoms with E-state index in [-0.39, 0.29) is 23.1 Å². The second-order valence-corrected chi connectivity index (χ2v) is 5.87. The monoisotopic (exact) mass is 277 g/mol. The number of ether oxygens (including phenoxy) is 1. The Morgan fingerprint density at radius 2 is 2.12 bits per heavy atom. The van der Waals surface area contributed by atoms with Gasteiger partial charge in [-0.15, -0.1) is 0 Å². The van der Waals surface area contributed by atoms with Crippen LogP contribution < -0.4 is 10.1 Å². The van der Waals surface area contributed by atoms with Gasteiger partial charge in [-0.3, -0.25) is 4.79 Å². The lowest BCUT2D eigenvalue weighted by Crippen LogP contribution is -2.19. The molecule has 0 bridgehead atoms. The molecule has 0 saturated carbocycles. The Balaban J connectivity index is 3.10. The smallest absolute Gasteiger partial charge is 0.264 e. The van der Waals surface area contributed by atoms with Crippen LogP contribution in [0.4, 0.5) is 0 Å². The van der Waals surface area contributed by atoms with E-state index >= 15 is 0 Å². The summed E-state index contributed by atoms with van der Waals surface area (Å²) in [5, 5.41) is 2.56. The van der Waals surface area contributed by atoms with E-state index in [1.54, 1.807) is 6.07 Å². The van der Waals surface area contributed by atoms with Crippen molar-refractivity contribution in [3.63, 3.8) is 0 Å². The van der Waals surface area contributed by atoms with E-state index in [0.29, 0.717) is 5.56 Å². The third kappa shape index (κ3) is 3.90. The van der Waals surface area contributed by atoms with Crippen molar-refractivity contribution in [2.24, 2.45) is 0 Å². The standard InChI is InChI=1S/C10H12ClNO4S/c1-7(13)12-6-8-3-4-9(16-2)10(5-8)17(11,14)15/h3-5H,6H2,1-2H3,(H,12,13). The van der Waals surface area contributed by atoms with Gasteiger partial charge in [-0.1, -0.05) is 6.07 Å². The van der Waals surface area contributed by atoms with Gasteiger partial charge >= 0.3 is 0 Å². The van der Waals surface area contributed by atoms with Crippen LogP contribution in [0.2, 0.25) is 0 Å². The first-order valence-corrected chi connectivity index (χ1v) is 7.01. The molecule has 0 atom stereocenters. The SMILES string of the molecule is COc1ccc(CNC(C)=O)cc1S(=O)(=O)Cl. The molecule has 1 aromatic carbocycles. The molecule has 5 nitrogen and oxygen atoms in total. The van der Waals surface area contributed by atoms with E-state index in [1.165, 1.54) is 26.2 Å². The third-order valence-electron chi connectivity index (χ3n) is 2.03. The van der Waals surface area contributed by atoms with Crippen LogP contribution in [0.15, 0.2) is 23.1 Å². The summed E-state index contributed by atoms with van der Waals surface area (Å²) in [4.78, 5) is 10.6. The highest BCUT2D eigenvalue weighted by atomic mass is 35.7. The molecule has 0 fully saturated rings. The molecular weight excluding hydrogens is 266 g/mol. The van der Waals surface area contributed by atoms with Crippen molar-refractivity contribution in [2.75, 3.05) is 7.11 Å². The van der Waals surface area contributed by atoms with E-state index < -0.39 is 9.05 Å². The lowest BCUT2D eigenvalue weighted by molar-refractivity contribution is -0.119. The molecule has 17 heavy (non-hydrogen) atoms. The predicted octanol–water partition coefficient (Wildman–Crippen LogP) is 1.26. The average Bonchev–Trinajstić information content (AvgIpc) is 2.24. The van der Waals surface area contributed by atoms with Gasteiger partial charge in [-0.05, 0) is 17.7 Å². The first-order chi connectivity index (χ1) is 7.84. The van der Waals surface area contributed by atoms with Crippen LogP contribution in [0, 0.1) is 0 Å². The Kier molecular flexibility index (Phi) is 4.36. The van der Waals surface area contributed by atoms with Crippen molar-refractivity contribution in [2.45, 2.75) is 18.4 Å². The minimum atomic E-state index is -3.87. The number of nitrogens with one attached hydrogen (secondary N) is 1. The zero-order chi connectivity index (χ0) is 13.1. The molecule has 0 saturated heterocycles. The Morgan fingerprint density at radius 1 is 1.47 bits per heavy atom. The van der Waals surface area contributed by atoms with Crippen molar-refractivity contribution in [1.82, 2.24) is 5.32 Å². The lowest BCUT2D eigenvalue weighted by atomic mass is 10.2. The van der Waals surface area contributed by atoms with Crippen molar-refractivity contribution in [3.8, 4) is 5.75 Å². The topological polar surface area (TPSA) is 72.5 Å². The van der Waals surface area contributed by atoms with E-state index in [9.17, 15) is 13.2 Å². The normalized spacial score (nSPS) is 11.0. The van der Waals surface area contributed by atoms with Gasteiger partial charge in [0.05, 0.1) is 7.11 Å². The minimum Gasteiger partial charge on any atom is -0.495 e. The number of hydrogen-bond donors (Lipinski definition) is 1. The molecule has 0 aliphatic rings. The number of amides is 1. The zero-order valence-electron chi connectivity index (χ0n) is 9.36. The molecule has 94 valence electrons. The van der Waals surface area contributed by atoms with Gasteiger partial charge in [0, 0.05) is 24.2 Å². The highest BCUT2D eigenvalue weighted by Gasteiger charge is 2.17. The average molecular weight is 278 g/mol. The van der Waals surface area contributed by atoms with E-state index in [0.717, 1.165) is 0 Å². The minimum absolute atomic E-state index is 0.107. The molecule has 0 spiro atoms. The second-order valence-electron chi connectivity index (χ2n) is 3.33. The van der Waals surface area contributed by atoms with Gasteiger partial charge in [-0.25, -0.2) is 8.42 Å². The second kappa shape index (κ2) is 5.37. The molecule has 0 aliphatic carbocycles. The summed E-state index contributed by atoms with van der Waals surface area (Å²) in [5.74, 6) is -0.0253. The fourth-order valence-electron chi connectivity index (χ4n) is 1.25. The van der Waals surface area contributed by atoms with Crippen LogP contribution in [0.3, 0.4) is 0 Å². The summed E-state index contributed by atoms with van der Waals surface area (Å²) in [5.41, 5.74) is 0.625. The quantitative estimate of drug-likeness (QED) is 0.841. The van der Waals surface area contributed by atoms with Crippen molar-refractivity contribution in [1.29, 1.82) is 0 Å². The van der Waals surface area contributed by atoms with Crippen LogP contribution in [0.5, 0.6) is 5.75 Å². The zero-order valence-corrected chi connectivity index (χ0v) is 10.9. The van der Waals surface area contributed by atoms with Gasteiger partial charge < -0.3 is 10.1 Å². The molecule has 1 aromatic rings. The molecular formula is C10H12ClNO4S. The third-order valence-corrected chi connectivity index (χ3v) is 3.38. The van der Waals surface area contributed by atoms with Gasteiger partial charge in [0.2, 0.25) is 5.91 Å². The van der Waals surface area contributed by atoms with Crippen molar-refractivity contribution < 1.29 is 17.9 Å². The number of carbonyl (C=O) groups excluding carboxylic acids is 1. The molecule has 0 aromatic heterocycles. The first kappa shape index (κ1) is 13.8. The first-order valence-electron chi connectivity index (χ1n) is 4.70. The van der Waals surface area contributed by atoms with Gasteiger partial charge in [0.1, 0.15) is 10.6 Å². The van der Waals surface area contributed by atoms with Gasteiger partial charge in [0.15, 0.2) is 0 Å². The van der Waals surface area contributed by atoms with Crippen LogP contribution in [-0.4, -0.2) is 21.4 Å². The molecule has 1 N–H and O–H groups in total. The maximum absolute atomic E-state index is 11.3. The number of carbonyl (C=O) groups is 1. The molecule has 0 unspecified atom stereocenters. The van der Waals surface area contributed by atoms with Crippen molar-refractivity contribution in [3.05, 3.63) is 23.8 Å². The Morgan fingerprint density at radius 3 is 2.59 bits per heavy atom. The summed E-state index contributed by atoms with van der Waals surface area (Å²) in [6.45, 7) is 1.61. The Labute approximate surface area is 104 Å². The maximum Gasteiger partial charge on any atom is 0.264 e. The number of hydrogen-bond acceptors (Lipinski definition) is 4. The maximum atomic E-state index is 11.3. The fraction of sp³-hybridized carbons (Fsp3) is 0.300. The van der Waals surface area contributed by atoms with Crippen LogP contribution in [0.25, 0.3) is 0 Å². The Bertz CT molecular complexity index is 527. The molecule has 1 amide bonds. The number of benzene rings is 1. The van der Waals surface area contributed by atoms with Crippen LogP contribution in [-0.2, 0) is 20.4 Å². The number of methoxy groups -OCH3 is 1. The molecule has 0 heterocycles.